The van der Waals surface area contributed by atoms with Gasteiger partial charge in [-0.2, -0.15) is 0 Å². The van der Waals surface area contributed by atoms with Crippen molar-refractivity contribution < 1.29 is 14.3 Å². The number of esters is 1. The number of allylic oxidation sites excluding steroid dienone is 1. The first-order valence-electron chi connectivity index (χ1n) is 12.7. The van der Waals surface area contributed by atoms with Crippen LogP contribution in [-0.4, -0.2) is 28.8 Å². The van der Waals surface area contributed by atoms with Crippen LogP contribution in [0.3, 0.4) is 0 Å². The number of carbonyl (C=O) groups excluding carboxylic acids is 1. The Morgan fingerprint density at radius 1 is 1.08 bits per heavy atom. The van der Waals surface area contributed by atoms with Crippen LogP contribution in [0.25, 0.3) is 27.8 Å². The molecule has 0 bridgehead atoms. The topological polar surface area (TPSA) is 74.8 Å². The van der Waals surface area contributed by atoms with E-state index in [1.54, 1.807) is 25.5 Å². The second-order valence-electron chi connectivity index (χ2n) is 9.42. The largest absolute Gasteiger partial charge is 0.496 e. The van der Waals surface area contributed by atoms with E-state index in [0.717, 1.165) is 32.8 Å². The molecule has 0 N–H and O–H groups in total. The number of hydrogen-bond acceptors (Lipinski definition) is 6. The molecule has 0 unspecified atom stereocenters. The minimum absolute atomic E-state index is 0.209. The van der Waals surface area contributed by atoms with Gasteiger partial charge in [0.05, 0.1) is 29.5 Å². The maximum Gasteiger partial charge on any atom is 0.338 e. The molecule has 39 heavy (non-hydrogen) atoms. The Morgan fingerprint density at radius 3 is 2.59 bits per heavy atom. The van der Waals surface area contributed by atoms with Crippen LogP contribution in [-0.2, 0) is 16.6 Å². The van der Waals surface area contributed by atoms with Crippen LogP contribution in [0.5, 0.6) is 5.75 Å². The van der Waals surface area contributed by atoms with Gasteiger partial charge >= 0.3 is 5.97 Å². The average molecular weight is 538 g/mol. The highest BCUT2D eigenvalue weighted by atomic mass is 32.1. The lowest BCUT2D eigenvalue weighted by atomic mass is 9.90. The minimum Gasteiger partial charge on any atom is -0.496 e. The highest BCUT2D eigenvalue weighted by Gasteiger charge is 2.36. The summed E-state index contributed by atoms with van der Waals surface area (Å²) < 4.78 is 15.5. The summed E-state index contributed by atoms with van der Waals surface area (Å²) >= 11 is 1.31. The van der Waals surface area contributed by atoms with Crippen molar-refractivity contribution in [2.24, 2.45) is 12.0 Å². The van der Waals surface area contributed by atoms with E-state index in [9.17, 15) is 9.59 Å². The number of aromatic nitrogens is 2. The van der Waals surface area contributed by atoms with E-state index in [1.807, 2.05) is 78.5 Å². The van der Waals surface area contributed by atoms with Gasteiger partial charge in [-0.1, -0.05) is 59.9 Å². The molecule has 0 aliphatic carbocycles. The van der Waals surface area contributed by atoms with E-state index in [4.69, 9.17) is 14.5 Å². The number of thiazole rings is 1. The van der Waals surface area contributed by atoms with E-state index in [0.29, 0.717) is 26.4 Å². The number of aryl methyl sites for hydroxylation is 1. The second-order valence-corrected chi connectivity index (χ2v) is 10.4. The number of ether oxygens (including phenoxy) is 2. The van der Waals surface area contributed by atoms with Crippen LogP contribution in [0.15, 0.2) is 87.9 Å². The third-order valence-corrected chi connectivity index (χ3v) is 8.14. The zero-order chi connectivity index (χ0) is 27.3. The van der Waals surface area contributed by atoms with Gasteiger partial charge in [0.1, 0.15) is 11.8 Å². The molecule has 1 aliphatic heterocycles. The number of fused-ring (bicyclic) bond motifs is 3. The molecule has 0 saturated carbocycles. The Bertz CT molecular complexity index is 1990. The Labute approximate surface area is 228 Å². The van der Waals surface area contributed by atoms with E-state index >= 15 is 0 Å². The predicted molar refractivity (Wildman–Crippen MR) is 154 cm³/mol. The molecule has 1 aliphatic rings. The molecule has 3 aromatic carbocycles. The SMILES string of the molecule is CCOC(=O)C1=C(C)N=c2s/c(=C\c3cn(C)c4ccccc34)c(=O)n2[C@@H]1c1c(OC)ccc2ccccc12. The number of nitrogens with zero attached hydrogens (tertiary/aromatic N) is 3. The summed E-state index contributed by atoms with van der Waals surface area (Å²) in [4.78, 5) is 32.8. The lowest BCUT2D eigenvalue weighted by Crippen LogP contribution is -2.40. The summed E-state index contributed by atoms with van der Waals surface area (Å²) in [6, 6.07) is 19.1. The zero-order valence-corrected chi connectivity index (χ0v) is 22.9. The number of benzene rings is 3. The van der Waals surface area contributed by atoms with Crippen LogP contribution < -0.4 is 19.6 Å². The summed E-state index contributed by atoms with van der Waals surface area (Å²) in [5, 5.41) is 2.92. The van der Waals surface area contributed by atoms with E-state index in [2.05, 4.69) is 6.07 Å². The van der Waals surface area contributed by atoms with Gasteiger partial charge in [-0.25, -0.2) is 9.79 Å². The lowest BCUT2D eigenvalue weighted by molar-refractivity contribution is -0.139. The fourth-order valence-corrected chi connectivity index (χ4v) is 6.47. The predicted octanol–water partition coefficient (Wildman–Crippen LogP) is 4.45. The molecule has 1 atom stereocenters. The third-order valence-electron chi connectivity index (χ3n) is 7.16. The van der Waals surface area contributed by atoms with Gasteiger partial charge in [-0.3, -0.25) is 9.36 Å². The molecule has 0 saturated heterocycles. The number of para-hydroxylation sites is 1. The Morgan fingerprint density at radius 2 is 1.82 bits per heavy atom. The fourth-order valence-electron chi connectivity index (χ4n) is 5.43. The molecular formula is C31H27N3O4S. The van der Waals surface area contributed by atoms with Crippen molar-refractivity contribution in [1.82, 2.24) is 9.13 Å². The fraction of sp³-hybridized carbons (Fsp3) is 0.194. The summed E-state index contributed by atoms with van der Waals surface area (Å²) in [5.74, 6) is 0.0842. The molecule has 0 spiro atoms. The standard InChI is InChI=1S/C31H27N3O4S/c1-5-38-30(36)26-18(2)32-31-34(28(26)27-22-12-7-6-10-19(22)14-15-24(27)37-4)29(35)25(39-31)16-20-17-33(3)23-13-9-8-11-21(20)23/h6-17,28H,5H2,1-4H3/b25-16-/t28-/m0/s1. The lowest BCUT2D eigenvalue weighted by Gasteiger charge is -2.27. The van der Waals surface area contributed by atoms with Gasteiger partial charge < -0.3 is 14.0 Å². The molecule has 0 radical (unpaired) electrons. The van der Waals surface area contributed by atoms with Gasteiger partial charge in [0.15, 0.2) is 4.80 Å². The minimum atomic E-state index is -0.768. The number of hydrogen-bond donors (Lipinski definition) is 0. The smallest absolute Gasteiger partial charge is 0.338 e. The molecule has 3 heterocycles. The maximum atomic E-state index is 14.2. The van der Waals surface area contributed by atoms with E-state index < -0.39 is 12.0 Å². The molecule has 2 aromatic heterocycles. The summed E-state index contributed by atoms with van der Waals surface area (Å²) in [7, 11) is 3.58. The Kier molecular flexibility index (Phi) is 6.19. The first-order chi connectivity index (χ1) is 18.9. The Hall–Kier alpha value is -4.43. The summed E-state index contributed by atoms with van der Waals surface area (Å²) in [5.41, 5.74) is 3.38. The van der Waals surface area contributed by atoms with E-state index in [1.165, 1.54) is 11.3 Å². The summed E-state index contributed by atoms with van der Waals surface area (Å²) in [6.07, 6.45) is 3.93. The average Bonchev–Trinajstić information content (AvgIpc) is 3.42. The first-order valence-corrected chi connectivity index (χ1v) is 13.5. The molecule has 0 fully saturated rings. The first kappa shape index (κ1) is 24.9. The molecular weight excluding hydrogens is 510 g/mol. The normalized spacial score (nSPS) is 15.5. The van der Waals surface area contributed by atoms with Gasteiger partial charge in [-0.05, 0) is 42.8 Å². The van der Waals surface area contributed by atoms with Crippen molar-refractivity contribution in [3.63, 3.8) is 0 Å². The van der Waals surface area contributed by atoms with Crippen molar-refractivity contribution in [2.75, 3.05) is 13.7 Å². The number of carbonyl (C=O) groups is 1. The summed E-state index contributed by atoms with van der Waals surface area (Å²) in [6.45, 7) is 3.76. The van der Waals surface area contributed by atoms with Crippen LogP contribution in [0.2, 0.25) is 0 Å². The molecule has 8 heteroatoms. The van der Waals surface area contributed by atoms with Crippen LogP contribution >= 0.6 is 11.3 Å². The van der Waals surface area contributed by atoms with Gasteiger partial charge in [-0.15, -0.1) is 0 Å². The molecule has 7 nitrogen and oxygen atoms in total. The number of methoxy groups -OCH3 is 1. The van der Waals surface area contributed by atoms with Crippen LogP contribution in [0, 0.1) is 0 Å². The van der Waals surface area contributed by atoms with Gasteiger partial charge in [0.25, 0.3) is 5.56 Å². The van der Waals surface area contributed by atoms with Gasteiger partial charge in [0.2, 0.25) is 0 Å². The van der Waals surface area contributed by atoms with Crippen LogP contribution in [0.4, 0.5) is 0 Å². The van der Waals surface area contributed by atoms with E-state index in [-0.39, 0.29) is 12.2 Å². The molecule has 196 valence electrons. The molecule has 6 rings (SSSR count). The maximum absolute atomic E-state index is 14.2. The monoisotopic (exact) mass is 537 g/mol. The highest BCUT2D eigenvalue weighted by Crippen LogP contribution is 2.40. The number of rotatable bonds is 5. The van der Waals surface area contributed by atoms with Gasteiger partial charge in [0, 0.05) is 35.3 Å². The second kappa shape index (κ2) is 9.71. The molecule has 5 aromatic rings. The van der Waals surface area contributed by atoms with Crippen LogP contribution in [0.1, 0.15) is 31.0 Å². The molecule has 0 amide bonds. The third kappa shape index (κ3) is 3.99. The van der Waals surface area contributed by atoms with Crippen molar-refractivity contribution in [2.45, 2.75) is 19.9 Å². The van der Waals surface area contributed by atoms with Crippen molar-refractivity contribution in [3.05, 3.63) is 109 Å². The van der Waals surface area contributed by atoms with Crippen molar-refractivity contribution >= 4 is 45.1 Å². The van der Waals surface area contributed by atoms with Crippen molar-refractivity contribution in [3.8, 4) is 5.75 Å². The Balaban J connectivity index is 1.67. The van der Waals surface area contributed by atoms with Crippen molar-refractivity contribution in [1.29, 1.82) is 0 Å². The quantitative estimate of drug-likeness (QED) is 0.311. The zero-order valence-electron chi connectivity index (χ0n) is 22.1. The highest BCUT2D eigenvalue weighted by molar-refractivity contribution is 7.07.